The first kappa shape index (κ1) is 14.8. The van der Waals surface area contributed by atoms with E-state index in [0.717, 1.165) is 16.6 Å². The zero-order chi connectivity index (χ0) is 15.9. The number of rotatable bonds is 2. The molecule has 2 aromatic carbocycles. The van der Waals surface area contributed by atoms with Gasteiger partial charge in [-0.1, -0.05) is 29.3 Å². The van der Waals surface area contributed by atoms with Gasteiger partial charge in [0.1, 0.15) is 11.8 Å². The van der Waals surface area contributed by atoms with Crippen LogP contribution in [0.4, 0.5) is 0 Å². The smallest absolute Gasteiger partial charge is 0.120 e. The zero-order valence-corrected chi connectivity index (χ0v) is 13.5. The number of para-hydroxylation sites is 1. The van der Waals surface area contributed by atoms with Gasteiger partial charge in [-0.25, -0.2) is 0 Å². The van der Waals surface area contributed by atoms with Gasteiger partial charge in [-0.15, -0.1) is 0 Å². The Morgan fingerprint density at radius 1 is 1.14 bits per heavy atom. The highest BCUT2D eigenvalue weighted by Gasteiger charge is 2.19. The number of nitrogens with zero attached hydrogens (tertiary/aromatic N) is 2. The number of hydrogen-bond donors (Lipinski definition) is 0. The van der Waals surface area contributed by atoms with E-state index in [4.69, 9.17) is 27.9 Å². The van der Waals surface area contributed by atoms with Gasteiger partial charge in [0.25, 0.3) is 0 Å². The third kappa shape index (κ3) is 2.12. The van der Waals surface area contributed by atoms with E-state index in [1.54, 1.807) is 25.3 Å². The highest BCUT2D eigenvalue weighted by Crippen LogP contribution is 2.36. The fourth-order valence-electron chi connectivity index (χ4n) is 2.65. The lowest BCUT2D eigenvalue weighted by molar-refractivity contribution is 0.415. The maximum absolute atomic E-state index is 9.48. The molecule has 0 amide bonds. The summed E-state index contributed by atoms with van der Waals surface area (Å²) < 4.78 is 7.20. The molecule has 3 nitrogen and oxygen atoms in total. The fourth-order valence-corrected chi connectivity index (χ4v) is 3.22. The summed E-state index contributed by atoms with van der Waals surface area (Å²) in [5.41, 5.74) is 2.90. The van der Waals surface area contributed by atoms with Crippen molar-refractivity contribution in [1.29, 1.82) is 5.26 Å². The predicted molar refractivity (Wildman–Crippen MR) is 89.3 cm³/mol. The topological polar surface area (TPSA) is 37.9 Å². The first-order valence-corrected chi connectivity index (χ1v) is 7.37. The molecule has 0 fully saturated rings. The second-order valence-corrected chi connectivity index (χ2v) is 5.68. The summed E-state index contributed by atoms with van der Waals surface area (Å²) >= 11 is 12.7. The number of aromatic nitrogens is 1. The van der Waals surface area contributed by atoms with Crippen molar-refractivity contribution in [3.05, 3.63) is 57.7 Å². The van der Waals surface area contributed by atoms with Crippen LogP contribution in [0, 0.1) is 18.3 Å². The van der Waals surface area contributed by atoms with Crippen LogP contribution in [-0.2, 0) is 0 Å². The zero-order valence-electron chi connectivity index (χ0n) is 12.0. The van der Waals surface area contributed by atoms with Crippen LogP contribution in [0.1, 0.15) is 11.3 Å². The summed E-state index contributed by atoms with van der Waals surface area (Å²) in [6.07, 6.45) is 0. The molecule has 3 aromatic rings. The fraction of sp³-hybridized carbons (Fsp3) is 0.118. The Morgan fingerprint density at radius 3 is 2.41 bits per heavy atom. The Bertz CT molecular complexity index is 902. The van der Waals surface area contributed by atoms with Crippen LogP contribution in [0.25, 0.3) is 16.6 Å². The summed E-state index contributed by atoms with van der Waals surface area (Å²) in [5.74, 6) is 0.707. The quantitative estimate of drug-likeness (QED) is 0.653. The van der Waals surface area contributed by atoms with E-state index >= 15 is 0 Å². The number of benzene rings is 2. The number of methoxy groups -OCH3 is 1. The van der Waals surface area contributed by atoms with Crippen molar-refractivity contribution >= 4 is 34.1 Å². The Balaban J connectivity index is 2.48. The molecule has 0 radical (unpaired) electrons. The van der Waals surface area contributed by atoms with Gasteiger partial charge in [0.15, 0.2) is 0 Å². The molecule has 1 heterocycles. The summed E-state index contributed by atoms with van der Waals surface area (Å²) in [7, 11) is 1.61. The van der Waals surface area contributed by atoms with Crippen molar-refractivity contribution in [2.45, 2.75) is 6.92 Å². The van der Waals surface area contributed by atoms with Crippen LogP contribution < -0.4 is 4.74 Å². The molecule has 0 bridgehead atoms. The second kappa shape index (κ2) is 5.57. The molecule has 0 atom stereocenters. The number of ether oxygens (including phenoxy) is 1. The molecule has 0 aliphatic carbocycles. The van der Waals surface area contributed by atoms with Crippen LogP contribution >= 0.6 is 23.2 Å². The van der Waals surface area contributed by atoms with E-state index in [0.29, 0.717) is 27.0 Å². The van der Waals surface area contributed by atoms with Gasteiger partial charge in [0.2, 0.25) is 0 Å². The summed E-state index contributed by atoms with van der Waals surface area (Å²) in [4.78, 5) is 0. The van der Waals surface area contributed by atoms with Crippen LogP contribution in [0.15, 0.2) is 36.4 Å². The van der Waals surface area contributed by atoms with Crippen molar-refractivity contribution in [2.75, 3.05) is 7.11 Å². The minimum absolute atomic E-state index is 0.528. The van der Waals surface area contributed by atoms with Gasteiger partial charge in [-0.3, -0.25) is 0 Å². The highest BCUT2D eigenvalue weighted by molar-refractivity contribution is 6.38. The molecule has 0 aliphatic rings. The minimum atomic E-state index is 0.528. The van der Waals surface area contributed by atoms with E-state index < -0.39 is 0 Å². The monoisotopic (exact) mass is 330 g/mol. The molecule has 0 aliphatic heterocycles. The molecule has 110 valence electrons. The van der Waals surface area contributed by atoms with Crippen LogP contribution in [0.2, 0.25) is 10.0 Å². The van der Waals surface area contributed by atoms with E-state index in [-0.39, 0.29) is 0 Å². The molecule has 1 aromatic heterocycles. The lowest BCUT2D eigenvalue weighted by Gasteiger charge is -2.12. The van der Waals surface area contributed by atoms with Gasteiger partial charge in [0, 0.05) is 17.1 Å². The number of halogens is 2. The molecular formula is C17H12Cl2N2O. The highest BCUT2D eigenvalue weighted by atomic mass is 35.5. The van der Waals surface area contributed by atoms with Gasteiger partial charge >= 0.3 is 0 Å². The van der Waals surface area contributed by atoms with Gasteiger partial charge in [-0.05, 0) is 31.2 Å². The average Bonchev–Trinajstić information content (AvgIpc) is 2.78. The third-order valence-electron chi connectivity index (χ3n) is 3.69. The number of hydrogen-bond acceptors (Lipinski definition) is 2. The van der Waals surface area contributed by atoms with E-state index in [1.165, 1.54) is 0 Å². The SMILES string of the molecule is COc1ccc2c(C#N)c(C)n(-c3c(Cl)cccc3Cl)c2c1. The Morgan fingerprint density at radius 2 is 1.82 bits per heavy atom. The Hall–Kier alpha value is -2.15. The first-order valence-electron chi connectivity index (χ1n) is 6.62. The molecule has 0 saturated carbocycles. The maximum Gasteiger partial charge on any atom is 0.120 e. The molecular weight excluding hydrogens is 319 g/mol. The van der Waals surface area contributed by atoms with Crippen molar-refractivity contribution in [1.82, 2.24) is 4.57 Å². The van der Waals surface area contributed by atoms with Crippen molar-refractivity contribution < 1.29 is 4.74 Å². The molecule has 0 unspecified atom stereocenters. The Labute approximate surface area is 138 Å². The lowest BCUT2D eigenvalue weighted by Crippen LogP contribution is -1.99. The predicted octanol–water partition coefficient (Wildman–Crippen LogP) is 5.13. The normalized spacial score (nSPS) is 10.7. The largest absolute Gasteiger partial charge is 0.497 e. The molecule has 5 heteroatoms. The second-order valence-electron chi connectivity index (χ2n) is 4.86. The summed E-state index contributed by atoms with van der Waals surface area (Å²) in [6.45, 7) is 1.88. The van der Waals surface area contributed by atoms with Gasteiger partial charge in [-0.2, -0.15) is 5.26 Å². The maximum atomic E-state index is 9.48. The molecule has 0 N–H and O–H groups in total. The number of fused-ring (bicyclic) bond motifs is 1. The summed E-state index contributed by atoms with van der Waals surface area (Å²) in [6, 6.07) is 13.2. The van der Waals surface area contributed by atoms with Crippen molar-refractivity contribution in [3.63, 3.8) is 0 Å². The van der Waals surface area contributed by atoms with Crippen LogP contribution in [0.3, 0.4) is 0 Å². The Kier molecular flexibility index (Phi) is 3.74. The van der Waals surface area contributed by atoms with E-state index in [1.807, 2.05) is 29.7 Å². The standard InChI is InChI=1S/C17H12Cl2N2O/c1-10-13(9-20)12-7-6-11(22-2)8-16(12)21(10)17-14(18)4-3-5-15(17)19/h3-8H,1-2H3. The molecule has 0 saturated heterocycles. The van der Waals surface area contributed by atoms with Gasteiger partial charge in [0.05, 0.1) is 33.9 Å². The lowest BCUT2D eigenvalue weighted by atomic mass is 10.1. The molecule has 3 rings (SSSR count). The van der Waals surface area contributed by atoms with Crippen molar-refractivity contribution in [3.8, 4) is 17.5 Å². The third-order valence-corrected chi connectivity index (χ3v) is 4.30. The van der Waals surface area contributed by atoms with E-state index in [2.05, 4.69) is 6.07 Å². The van der Waals surface area contributed by atoms with Crippen molar-refractivity contribution in [2.24, 2.45) is 0 Å². The molecule has 0 spiro atoms. The molecule has 22 heavy (non-hydrogen) atoms. The number of nitriles is 1. The van der Waals surface area contributed by atoms with E-state index in [9.17, 15) is 5.26 Å². The minimum Gasteiger partial charge on any atom is -0.497 e. The van der Waals surface area contributed by atoms with Crippen LogP contribution in [0.5, 0.6) is 5.75 Å². The van der Waals surface area contributed by atoms with Gasteiger partial charge < -0.3 is 9.30 Å². The first-order chi connectivity index (χ1) is 10.6. The summed E-state index contributed by atoms with van der Waals surface area (Å²) in [5, 5.41) is 11.4. The van der Waals surface area contributed by atoms with Crippen LogP contribution in [-0.4, -0.2) is 11.7 Å². The average molecular weight is 331 g/mol.